The predicted octanol–water partition coefficient (Wildman–Crippen LogP) is 2.16. The lowest BCUT2D eigenvalue weighted by Crippen LogP contribution is -2.52. The van der Waals surface area contributed by atoms with Crippen molar-refractivity contribution in [2.75, 3.05) is 27.3 Å². The second kappa shape index (κ2) is 3.49. The van der Waals surface area contributed by atoms with Gasteiger partial charge in [-0.05, 0) is 26.7 Å². The van der Waals surface area contributed by atoms with Gasteiger partial charge in [0.05, 0.1) is 20.6 Å². The zero-order valence-corrected chi connectivity index (χ0v) is 11.0. The Morgan fingerprint density at radius 1 is 1.14 bits per heavy atom. The van der Waals surface area contributed by atoms with Gasteiger partial charge in [-0.2, -0.15) is 0 Å². The Kier molecular flexibility index (Phi) is 2.99. The molecule has 2 heteroatoms. The number of hydrogen-bond acceptors (Lipinski definition) is 1. The van der Waals surface area contributed by atoms with Gasteiger partial charge in [-0.15, -0.1) is 0 Å². The van der Waals surface area contributed by atoms with E-state index in [2.05, 4.69) is 53.6 Å². The number of nitrogens with zero attached hydrogens (tertiary/aromatic N) is 2. The maximum absolute atomic E-state index is 2.63. The van der Waals surface area contributed by atoms with Crippen LogP contribution in [0.4, 0.5) is 0 Å². The van der Waals surface area contributed by atoms with Crippen LogP contribution in [-0.2, 0) is 0 Å². The second-order valence-electron chi connectivity index (χ2n) is 6.37. The van der Waals surface area contributed by atoms with Gasteiger partial charge in [-0.3, -0.25) is 0 Å². The van der Waals surface area contributed by atoms with E-state index in [-0.39, 0.29) is 0 Å². The Morgan fingerprint density at radius 3 is 1.93 bits per heavy atom. The fourth-order valence-electron chi connectivity index (χ4n) is 2.08. The summed E-state index contributed by atoms with van der Waals surface area (Å²) in [6.07, 6.45) is 0. The van der Waals surface area contributed by atoms with E-state index in [1.165, 1.54) is 13.2 Å². The first-order valence-corrected chi connectivity index (χ1v) is 5.74. The molecule has 1 unspecified atom stereocenters. The molecular formula is C12H27N2+. The summed E-state index contributed by atoms with van der Waals surface area (Å²) in [5, 5.41) is 0. The normalized spacial score (nSPS) is 28.3. The third-order valence-electron chi connectivity index (χ3n) is 4.30. The van der Waals surface area contributed by atoms with Crippen LogP contribution in [0.1, 0.15) is 34.6 Å². The van der Waals surface area contributed by atoms with Crippen molar-refractivity contribution in [3.8, 4) is 0 Å². The van der Waals surface area contributed by atoms with Gasteiger partial charge in [0.1, 0.15) is 12.2 Å². The number of quaternary nitrogens is 1. The molecule has 1 fully saturated rings. The zero-order chi connectivity index (χ0) is 11.1. The third-order valence-corrected chi connectivity index (χ3v) is 4.30. The number of rotatable bonds is 2. The molecule has 1 saturated heterocycles. The van der Waals surface area contributed by atoms with Crippen molar-refractivity contribution in [2.45, 2.75) is 46.2 Å². The molecule has 0 saturated carbocycles. The Hall–Kier alpha value is -0.0800. The summed E-state index contributed by atoms with van der Waals surface area (Å²) in [5.74, 6) is 0.754. The molecule has 0 bridgehead atoms. The quantitative estimate of drug-likeness (QED) is 0.616. The molecule has 0 aromatic rings. The van der Waals surface area contributed by atoms with Crippen LogP contribution in [0.3, 0.4) is 0 Å². The molecule has 0 amide bonds. The molecule has 2 nitrogen and oxygen atoms in total. The fraction of sp³-hybridized carbons (Fsp3) is 1.00. The molecule has 1 aliphatic rings. The van der Waals surface area contributed by atoms with Crippen LogP contribution >= 0.6 is 0 Å². The van der Waals surface area contributed by atoms with E-state index in [1.807, 2.05) is 0 Å². The highest BCUT2D eigenvalue weighted by molar-refractivity contribution is 4.83. The summed E-state index contributed by atoms with van der Waals surface area (Å²) in [4.78, 5) is 2.63. The van der Waals surface area contributed by atoms with Crippen molar-refractivity contribution in [1.82, 2.24) is 4.90 Å². The summed E-state index contributed by atoms with van der Waals surface area (Å²) in [6, 6.07) is 0.703. The van der Waals surface area contributed by atoms with E-state index >= 15 is 0 Å². The minimum absolute atomic E-state index is 0.392. The lowest BCUT2D eigenvalue weighted by atomic mass is 10.0. The Bertz CT molecular complexity index is 190. The van der Waals surface area contributed by atoms with Gasteiger partial charge in [0.25, 0.3) is 0 Å². The van der Waals surface area contributed by atoms with Gasteiger partial charge in [-0.1, -0.05) is 13.8 Å². The average Bonchev–Trinajstić information content (AvgIpc) is 2.20. The average molecular weight is 199 g/mol. The van der Waals surface area contributed by atoms with Crippen molar-refractivity contribution in [2.24, 2.45) is 5.92 Å². The van der Waals surface area contributed by atoms with E-state index in [1.54, 1.807) is 0 Å². The van der Waals surface area contributed by atoms with Crippen LogP contribution in [0.25, 0.3) is 0 Å². The third kappa shape index (κ3) is 1.96. The van der Waals surface area contributed by atoms with Crippen molar-refractivity contribution in [1.29, 1.82) is 0 Å². The van der Waals surface area contributed by atoms with E-state index in [9.17, 15) is 0 Å². The Balaban J connectivity index is 2.73. The first-order chi connectivity index (χ1) is 6.17. The topological polar surface area (TPSA) is 3.24 Å². The summed E-state index contributed by atoms with van der Waals surface area (Å²) < 4.78 is 1.12. The van der Waals surface area contributed by atoms with E-state index in [4.69, 9.17) is 0 Å². The standard InChI is InChI=1S/C12H27N2/c1-10(2)11(3)13-8-12(4,5)14(6,7)9-13/h10-11H,8-9H2,1-7H3/q+1. The summed E-state index contributed by atoms with van der Waals surface area (Å²) >= 11 is 0. The fourth-order valence-corrected chi connectivity index (χ4v) is 2.08. The van der Waals surface area contributed by atoms with Gasteiger partial charge in [0.2, 0.25) is 0 Å². The van der Waals surface area contributed by atoms with Gasteiger partial charge in [-0.25, -0.2) is 4.90 Å². The smallest absolute Gasteiger partial charge is 0.135 e. The second-order valence-corrected chi connectivity index (χ2v) is 6.37. The van der Waals surface area contributed by atoms with Crippen molar-refractivity contribution < 1.29 is 4.48 Å². The van der Waals surface area contributed by atoms with E-state index in [0.29, 0.717) is 11.6 Å². The van der Waals surface area contributed by atoms with Crippen molar-refractivity contribution >= 4 is 0 Å². The van der Waals surface area contributed by atoms with Crippen LogP contribution < -0.4 is 0 Å². The molecule has 1 rings (SSSR count). The molecule has 1 aliphatic heterocycles. The van der Waals surface area contributed by atoms with Crippen LogP contribution in [-0.4, -0.2) is 48.3 Å². The first-order valence-electron chi connectivity index (χ1n) is 5.74. The number of likely N-dealkylation sites (N-methyl/N-ethyl adjacent to an activating group) is 1. The number of hydrogen-bond donors (Lipinski definition) is 0. The van der Waals surface area contributed by atoms with E-state index in [0.717, 1.165) is 10.4 Å². The molecule has 0 spiro atoms. The highest BCUT2D eigenvalue weighted by Gasteiger charge is 2.47. The minimum atomic E-state index is 0.392. The summed E-state index contributed by atoms with van der Waals surface area (Å²) in [6.45, 7) is 14.1. The maximum atomic E-state index is 2.63. The molecular weight excluding hydrogens is 172 g/mol. The van der Waals surface area contributed by atoms with Gasteiger partial charge >= 0.3 is 0 Å². The zero-order valence-electron chi connectivity index (χ0n) is 11.0. The van der Waals surface area contributed by atoms with Gasteiger partial charge < -0.3 is 4.48 Å². The monoisotopic (exact) mass is 199 g/mol. The Labute approximate surface area is 89.5 Å². The lowest BCUT2D eigenvalue weighted by Gasteiger charge is -2.36. The SMILES string of the molecule is CC(C)C(C)N1CC(C)(C)[N+](C)(C)C1. The molecule has 0 aromatic heterocycles. The lowest BCUT2D eigenvalue weighted by molar-refractivity contribution is -0.927. The van der Waals surface area contributed by atoms with Crippen molar-refractivity contribution in [3.63, 3.8) is 0 Å². The highest BCUT2D eigenvalue weighted by Crippen LogP contribution is 2.31. The van der Waals surface area contributed by atoms with Gasteiger partial charge in [0, 0.05) is 6.04 Å². The molecule has 0 aromatic carbocycles. The van der Waals surface area contributed by atoms with Gasteiger partial charge in [0.15, 0.2) is 0 Å². The predicted molar refractivity (Wildman–Crippen MR) is 62.1 cm³/mol. The maximum Gasteiger partial charge on any atom is 0.135 e. The summed E-state index contributed by atoms with van der Waals surface area (Å²) in [7, 11) is 4.68. The first kappa shape index (κ1) is 12.0. The molecule has 1 atom stereocenters. The van der Waals surface area contributed by atoms with Crippen LogP contribution in [0.15, 0.2) is 0 Å². The minimum Gasteiger partial charge on any atom is -0.310 e. The molecule has 0 N–H and O–H groups in total. The summed E-state index contributed by atoms with van der Waals surface area (Å²) in [5.41, 5.74) is 0.392. The largest absolute Gasteiger partial charge is 0.310 e. The highest BCUT2D eigenvalue weighted by atomic mass is 15.5. The molecule has 0 aliphatic carbocycles. The molecule has 84 valence electrons. The Morgan fingerprint density at radius 2 is 1.64 bits per heavy atom. The van der Waals surface area contributed by atoms with E-state index < -0.39 is 0 Å². The van der Waals surface area contributed by atoms with Crippen LogP contribution in [0.2, 0.25) is 0 Å². The molecule has 0 radical (unpaired) electrons. The molecule has 1 heterocycles. The van der Waals surface area contributed by atoms with Crippen LogP contribution in [0.5, 0.6) is 0 Å². The molecule has 14 heavy (non-hydrogen) atoms. The van der Waals surface area contributed by atoms with Crippen LogP contribution in [0, 0.1) is 5.92 Å². The van der Waals surface area contributed by atoms with Crippen molar-refractivity contribution in [3.05, 3.63) is 0 Å².